The average molecular weight is 214 g/mol. The van der Waals surface area contributed by atoms with Gasteiger partial charge >= 0.3 is 5.97 Å². The van der Waals surface area contributed by atoms with Crippen LogP contribution in [0.3, 0.4) is 0 Å². The first kappa shape index (κ1) is 12.6. The molecular formula is C9H18O2Si2. The van der Waals surface area contributed by atoms with Gasteiger partial charge in [0.15, 0.2) is 0 Å². The largest absolute Gasteiger partial charge is 0.463 e. The van der Waals surface area contributed by atoms with E-state index in [2.05, 4.69) is 26.2 Å². The van der Waals surface area contributed by atoms with Crippen LogP contribution in [0.25, 0.3) is 0 Å². The van der Waals surface area contributed by atoms with Gasteiger partial charge in [-0.05, 0) is 13.0 Å². The van der Waals surface area contributed by atoms with Crippen LogP contribution >= 0.6 is 0 Å². The highest BCUT2D eigenvalue weighted by atomic mass is 29.2. The monoisotopic (exact) mass is 214 g/mol. The molecule has 0 amide bonds. The Morgan fingerprint density at radius 1 is 1.46 bits per heavy atom. The van der Waals surface area contributed by atoms with E-state index in [0.717, 1.165) is 15.1 Å². The van der Waals surface area contributed by atoms with Crippen LogP contribution in [0, 0.1) is 0 Å². The molecule has 2 radical (unpaired) electrons. The van der Waals surface area contributed by atoms with Crippen molar-refractivity contribution in [2.75, 3.05) is 6.61 Å². The van der Waals surface area contributed by atoms with Crippen molar-refractivity contribution in [2.45, 2.75) is 32.6 Å². The van der Waals surface area contributed by atoms with Gasteiger partial charge in [-0.25, -0.2) is 4.79 Å². The first-order valence-corrected chi connectivity index (χ1v) is 10.1. The summed E-state index contributed by atoms with van der Waals surface area (Å²) >= 11 is 0. The molecule has 0 N–H and O–H groups in total. The van der Waals surface area contributed by atoms with Crippen molar-refractivity contribution in [1.29, 1.82) is 0 Å². The highest BCUT2D eigenvalue weighted by Gasteiger charge is 2.13. The number of hydrogen-bond donors (Lipinski definition) is 0. The van der Waals surface area contributed by atoms with E-state index in [0.29, 0.717) is 12.2 Å². The molecule has 0 heterocycles. The van der Waals surface area contributed by atoms with Crippen molar-refractivity contribution in [3.05, 3.63) is 12.2 Å². The molecule has 0 aliphatic heterocycles. The van der Waals surface area contributed by atoms with Gasteiger partial charge in [0.25, 0.3) is 0 Å². The van der Waals surface area contributed by atoms with Crippen molar-refractivity contribution >= 4 is 22.6 Å². The molecule has 74 valence electrons. The molecule has 0 aromatic rings. The molecule has 0 rings (SSSR count). The summed E-state index contributed by atoms with van der Waals surface area (Å²) in [6.45, 7) is 12.7. The number of carbonyl (C=O) groups excluding carboxylic acids is 1. The van der Waals surface area contributed by atoms with Crippen LogP contribution in [0.1, 0.15) is 6.92 Å². The Hall–Kier alpha value is -0.356. The summed E-state index contributed by atoms with van der Waals surface area (Å²) in [5.41, 5.74) is 0.483. The van der Waals surface area contributed by atoms with Gasteiger partial charge in [-0.3, -0.25) is 0 Å². The van der Waals surface area contributed by atoms with Crippen molar-refractivity contribution in [1.82, 2.24) is 0 Å². The van der Waals surface area contributed by atoms with E-state index in [-0.39, 0.29) is 5.97 Å². The molecule has 0 atom stereocenters. The zero-order valence-corrected chi connectivity index (χ0v) is 10.9. The van der Waals surface area contributed by atoms with Crippen molar-refractivity contribution in [2.24, 2.45) is 0 Å². The lowest BCUT2D eigenvalue weighted by atomic mass is 10.4. The first-order valence-electron chi connectivity index (χ1n) is 4.40. The topological polar surface area (TPSA) is 26.3 Å². The van der Waals surface area contributed by atoms with Crippen LogP contribution in [0.15, 0.2) is 12.2 Å². The van der Waals surface area contributed by atoms with Gasteiger partial charge in [-0.1, -0.05) is 26.2 Å². The first-order chi connectivity index (χ1) is 5.83. The van der Waals surface area contributed by atoms with E-state index in [1.54, 1.807) is 6.92 Å². The molecule has 4 heteroatoms. The molecule has 0 bridgehead atoms. The van der Waals surface area contributed by atoms with Crippen LogP contribution in [-0.2, 0) is 9.53 Å². The van der Waals surface area contributed by atoms with Gasteiger partial charge in [0.05, 0.1) is 6.61 Å². The fourth-order valence-electron chi connectivity index (χ4n) is 0.693. The van der Waals surface area contributed by atoms with E-state index >= 15 is 0 Å². The number of rotatable bonds is 5. The number of ether oxygens (including phenoxy) is 1. The second kappa shape index (κ2) is 5.39. The summed E-state index contributed by atoms with van der Waals surface area (Å²) in [6.07, 6.45) is 0. The average Bonchev–Trinajstić information content (AvgIpc) is 1.95. The highest BCUT2D eigenvalue weighted by Crippen LogP contribution is 2.01. The van der Waals surface area contributed by atoms with Crippen LogP contribution in [0.4, 0.5) is 0 Å². The molecule has 2 nitrogen and oxygen atoms in total. The number of carbonyl (C=O) groups is 1. The van der Waals surface area contributed by atoms with Gasteiger partial charge in [-0.15, -0.1) is 0 Å². The van der Waals surface area contributed by atoms with Gasteiger partial charge in [0, 0.05) is 22.2 Å². The third kappa shape index (κ3) is 7.99. The molecule has 0 aromatic heterocycles. The standard InChI is InChI=1S/C9H18O2Si2/c1-8(2)9(10)11-6-7-12-13(3,4)5/h1,6-7H2,2-5H3. The predicted molar refractivity (Wildman–Crippen MR) is 59.7 cm³/mol. The molecule has 0 saturated carbocycles. The summed E-state index contributed by atoms with van der Waals surface area (Å²) in [5.74, 6) is -0.264. The van der Waals surface area contributed by atoms with E-state index in [4.69, 9.17) is 4.74 Å². The minimum Gasteiger partial charge on any atom is -0.463 e. The molecule has 0 aromatic carbocycles. The molecule has 0 unspecified atom stereocenters. The Morgan fingerprint density at radius 2 is 2.00 bits per heavy atom. The SMILES string of the molecule is C=C(C)C(=O)OCC[Si][Si](C)(C)C. The quantitative estimate of drug-likeness (QED) is 0.303. The molecule has 0 fully saturated rings. The lowest BCUT2D eigenvalue weighted by Crippen LogP contribution is -2.30. The lowest BCUT2D eigenvalue weighted by Gasteiger charge is -2.13. The predicted octanol–water partition coefficient (Wildman–Crippen LogP) is 2.06. The fraction of sp³-hybridized carbons (Fsp3) is 0.667. The number of esters is 1. The summed E-state index contributed by atoms with van der Waals surface area (Å²) < 4.78 is 4.99. The maximum atomic E-state index is 11.0. The Morgan fingerprint density at radius 3 is 2.38 bits per heavy atom. The maximum absolute atomic E-state index is 11.0. The molecular weight excluding hydrogens is 196 g/mol. The van der Waals surface area contributed by atoms with E-state index < -0.39 is 7.59 Å². The Bertz CT molecular complexity index is 194. The summed E-state index contributed by atoms with van der Waals surface area (Å²) in [6, 6.07) is 1.01. The van der Waals surface area contributed by atoms with Gasteiger partial charge in [-0.2, -0.15) is 0 Å². The molecule has 0 spiro atoms. The Labute approximate surface area is 84.0 Å². The Kier molecular flexibility index (Phi) is 5.24. The smallest absolute Gasteiger partial charge is 0.333 e. The summed E-state index contributed by atoms with van der Waals surface area (Å²) in [4.78, 5) is 11.0. The second-order valence-corrected chi connectivity index (χ2v) is 15.0. The maximum Gasteiger partial charge on any atom is 0.333 e. The highest BCUT2D eigenvalue weighted by molar-refractivity contribution is 7.23. The molecule has 0 aliphatic rings. The minimum atomic E-state index is -0.942. The second-order valence-electron chi connectivity index (χ2n) is 4.09. The fourth-order valence-corrected chi connectivity index (χ4v) is 4.20. The van der Waals surface area contributed by atoms with E-state index in [9.17, 15) is 4.79 Å². The zero-order chi connectivity index (χ0) is 10.5. The normalized spacial score (nSPS) is 11.1. The van der Waals surface area contributed by atoms with Crippen LogP contribution in [-0.4, -0.2) is 29.2 Å². The van der Waals surface area contributed by atoms with E-state index in [1.165, 1.54) is 0 Å². The van der Waals surface area contributed by atoms with Gasteiger partial charge < -0.3 is 4.74 Å². The molecule has 0 saturated heterocycles. The van der Waals surface area contributed by atoms with Crippen LogP contribution < -0.4 is 0 Å². The zero-order valence-electron chi connectivity index (χ0n) is 8.94. The lowest BCUT2D eigenvalue weighted by molar-refractivity contribution is -0.138. The van der Waals surface area contributed by atoms with Gasteiger partial charge in [0.2, 0.25) is 0 Å². The Balaban J connectivity index is 3.47. The number of hydrogen-bond acceptors (Lipinski definition) is 2. The third-order valence-electron chi connectivity index (χ3n) is 1.34. The van der Waals surface area contributed by atoms with Crippen LogP contribution in [0.5, 0.6) is 0 Å². The molecule has 13 heavy (non-hydrogen) atoms. The third-order valence-corrected chi connectivity index (χ3v) is 6.79. The van der Waals surface area contributed by atoms with Gasteiger partial charge in [0.1, 0.15) is 0 Å². The van der Waals surface area contributed by atoms with Crippen molar-refractivity contribution < 1.29 is 9.53 Å². The van der Waals surface area contributed by atoms with Crippen LogP contribution in [0.2, 0.25) is 25.7 Å². The van der Waals surface area contributed by atoms with E-state index in [1.807, 2.05) is 0 Å². The minimum absolute atomic E-state index is 0.264. The summed E-state index contributed by atoms with van der Waals surface area (Å²) in [7, 11) is 0.0243. The molecule has 0 aliphatic carbocycles. The summed E-state index contributed by atoms with van der Waals surface area (Å²) in [5, 5.41) is 0. The van der Waals surface area contributed by atoms with Crippen molar-refractivity contribution in [3.8, 4) is 0 Å². The van der Waals surface area contributed by atoms with Crippen molar-refractivity contribution in [3.63, 3.8) is 0 Å².